The van der Waals surface area contributed by atoms with Crippen LogP contribution in [0.2, 0.25) is 0 Å². The summed E-state index contributed by atoms with van der Waals surface area (Å²) in [5.41, 5.74) is 3.81. The van der Waals surface area contributed by atoms with E-state index in [2.05, 4.69) is 66.9 Å². The van der Waals surface area contributed by atoms with E-state index >= 15 is 0 Å². The normalized spacial score (nSPS) is 16.9. The Morgan fingerprint density at radius 1 is 1.05 bits per heavy atom. The van der Waals surface area contributed by atoms with Gasteiger partial charge >= 0.3 is 0 Å². The molecule has 1 unspecified atom stereocenters. The molecule has 1 aliphatic carbocycles. The van der Waals surface area contributed by atoms with Crippen molar-refractivity contribution in [1.29, 1.82) is 0 Å². The van der Waals surface area contributed by atoms with Gasteiger partial charge in [-0.05, 0) is 59.7 Å². The van der Waals surface area contributed by atoms with Crippen LogP contribution in [0.25, 0.3) is 16.2 Å². The maximum absolute atomic E-state index is 3.49. The van der Waals surface area contributed by atoms with Crippen LogP contribution in [-0.4, -0.2) is 0 Å². The van der Waals surface area contributed by atoms with Gasteiger partial charge in [-0.2, -0.15) is 0 Å². The number of hydrogen-bond acceptors (Lipinski definition) is 2. The molecule has 1 atom stereocenters. The zero-order chi connectivity index (χ0) is 14.2. The Morgan fingerprint density at radius 3 is 2.76 bits per heavy atom. The molecule has 1 aromatic heterocycles. The summed E-state index contributed by atoms with van der Waals surface area (Å²) < 4.78 is 1.39. The minimum atomic E-state index is 0.640. The molecule has 1 N–H and O–H groups in total. The number of fused-ring (bicyclic) bond motifs is 3. The van der Waals surface area contributed by atoms with Gasteiger partial charge in [-0.25, -0.2) is 0 Å². The van der Waals surface area contributed by atoms with Gasteiger partial charge in [0.1, 0.15) is 0 Å². The van der Waals surface area contributed by atoms with Crippen molar-refractivity contribution in [3.8, 4) is 0 Å². The third kappa shape index (κ3) is 2.36. The molecule has 0 radical (unpaired) electrons. The third-order valence-corrected chi connectivity index (χ3v) is 5.17. The van der Waals surface area contributed by atoms with Gasteiger partial charge in [-0.1, -0.05) is 31.2 Å². The molecule has 0 fully saturated rings. The lowest BCUT2D eigenvalue weighted by molar-refractivity contribution is 0.724. The Balaban J connectivity index is 1.76. The Kier molecular flexibility index (Phi) is 3.04. The topological polar surface area (TPSA) is 12.0 Å². The second-order valence-electron chi connectivity index (χ2n) is 5.69. The molecule has 0 saturated heterocycles. The molecule has 0 aliphatic heterocycles. The van der Waals surface area contributed by atoms with Crippen LogP contribution in [0.5, 0.6) is 0 Å². The van der Waals surface area contributed by atoms with Gasteiger partial charge in [0.05, 0.1) is 0 Å². The SMILES string of the molecule is CC1C=Cc2sc3ccc(Nc4ccccc4)cc3c2C1. The lowest BCUT2D eigenvalue weighted by atomic mass is 9.93. The maximum Gasteiger partial charge on any atom is 0.0391 e. The number of para-hydroxylation sites is 1. The van der Waals surface area contributed by atoms with E-state index < -0.39 is 0 Å². The molecular formula is C19H17NS. The van der Waals surface area contributed by atoms with Gasteiger partial charge in [0.2, 0.25) is 0 Å². The molecule has 3 aromatic rings. The van der Waals surface area contributed by atoms with Crippen LogP contribution in [0.1, 0.15) is 17.4 Å². The van der Waals surface area contributed by atoms with Gasteiger partial charge in [-0.3, -0.25) is 0 Å². The summed E-state index contributed by atoms with van der Waals surface area (Å²) in [5.74, 6) is 0.640. The quantitative estimate of drug-likeness (QED) is 0.624. The summed E-state index contributed by atoms with van der Waals surface area (Å²) in [7, 11) is 0. The fourth-order valence-electron chi connectivity index (χ4n) is 2.92. The molecule has 1 nitrogen and oxygen atoms in total. The molecule has 104 valence electrons. The lowest BCUT2D eigenvalue weighted by Gasteiger charge is -2.12. The first-order valence-corrected chi connectivity index (χ1v) is 8.17. The fraction of sp³-hybridized carbons (Fsp3) is 0.158. The first-order valence-electron chi connectivity index (χ1n) is 7.35. The van der Waals surface area contributed by atoms with Crippen LogP contribution in [0, 0.1) is 5.92 Å². The predicted octanol–water partition coefficient (Wildman–Crippen LogP) is 5.85. The van der Waals surface area contributed by atoms with E-state index in [0.717, 1.165) is 17.8 Å². The van der Waals surface area contributed by atoms with E-state index in [1.165, 1.54) is 20.5 Å². The highest BCUT2D eigenvalue weighted by atomic mass is 32.1. The molecule has 0 saturated carbocycles. The summed E-state index contributed by atoms with van der Waals surface area (Å²) in [6, 6.07) is 17.0. The summed E-state index contributed by atoms with van der Waals surface area (Å²) in [5, 5.41) is 4.90. The zero-order valence-corrected chi connectivity index (χ0v) is 12.8. The number of anilines is 2. The summed E-state index contributed by atoms with van der Waals surface area (Å²) >= 11 is 1.90. The van der Waals surface area contributed by atoms with Crippen LogP contribution < -0.4 is 5.32 Å². The number of thiophene rings is 1. The Bertz CT molecular complexity index is 814. The van der Waals surface area contributed by atoms with Crippen molar-refractivity contribution in [1.82, 2.24) is 0 Å². The average molecular weight is 291 g/mol. The van der Waals surface area contributed by atoms with Crippen molar-refractivity contribution in [2.24, 2.45) is 5.92 Å². The molecule has 1 heterocycles. The highest BCUT2D eigenvalue weighted by Gasteiger charge is 2.16. The van der Waals surface area contributed by atoms with E-state index in [1.54, 1.807) is 0 Å². The average Bonchev–Trinajstić information content (AvgIpc) is 2.86. The van der Waals surface area contributed by atoms with Gasteiger partial charge in [-0.15, -0.1) is 11.3 Å². The molecule has 21 heavy (non-hydrogen) atoms. The molecule has 0 bridgehead atoms. The lowest BCUT2D eigenvalue weighted by Crippen LogP contribution is -2.00. The molecule has 0 amide bonds. The molecule has 0 spiro atoms. The van der Waals surface area contributed by atoms with E-state index in [9.17, 15) is 0 Å². The Hall–Kier alpha value is -2.06. The minimum absolute atomic E-state index is 0.640. The van der Waals surface area contributed by atoms with Crippen LogP contribution in [-0.2, 0) is 6.42 Å². The number of benzene rings is 2. The minimum Gasteiger partial charge on any atom is -0.356 e. The van der Waals surface area contributed by atoms with Crippen molar-refractivity contribution >= 4 is 38.9 Å². The molecule has 1 aliphatic rings. The van der Waals surface area contributed by atoms with Gasteiger partial charge in [0, 0.05) is 21.0 Å². The monoisotopic (exact) mass is 291 g/mol. The van der Waals surface area contributed by atoms with Crippen molar-refractivity contribution in [2.75, 3.05) is 5.32 Å². The molecular weight excluding hydrogens is 274 g/mol. The highest BCUT2D eigenvalue weighted by Crippen LogP contribution is 2.38. The second kappa shape index (κ2) is 5.05. The first-order chi connectivity index (χ1) is 10.3. The Labute approximate surface area is 128 Å². The third-order valence-electron chi connectivity index (χ3n) is 3.99. The highest BCUT2D eigenvalue weighted by molar-refractivity contribution is 7.20. The smallest absolute Gasteiger partial charge is 0.0391 e. The first kappa shape index (κ1) is 12.7. The standard InChI is InChI=1S/C19H17NS/c1-13-7-9-18-16(11-13)17-12-15(8-10-19(17)21-18)20-14-5-3-2-4-6-14/h2-10,12-13,20H,11H2,1H3. The van der Waals surface area contributed by atoms with E-state index in [4.69, 9.17) is 0 Å². The van der Waals surface area contributed by atoms with Crippen LogP contribution in [0.15, 0.2) is 54.6 Å². The number of nitrogens with one attached hydrogen (secondary N) is 1. The largest absolute Gasteiger partial charge is 0.356 e. The van der Waals surface area contributed by atoms with Crippen molar-refractivity contribution in [3.63, 3.8) is 0 Å². The number of hydrogen-bond donors (Lipinski definition) is 1. The molecule has 2 aromatic carbocycles. The van der Waals surface area contributed by atoms with Crippen molar-refractivity contribution in [3.05, 3.63) is 65.0 Å². The van der Waals surface area contributed by atoms with E-state index in [0.29, 0.717) is 5.92 Å². The summed E-state index contributed by atoms with van der Waals surface area (Å²) in [6.45, 7) is 2.29. The van der Waals surface area contributed by atoms with E-state index in [1.807, 2.05) is 17.4 Å². The van der Waals surface area contributed by atoms with Crippen LogP contribution in [0.4, 0.5) is 11.4 Å². The summed E-state index contributed by atoms with van der Waals surface area (Å²) in [4.78, 5) is 1.43. The van der Waals surface area contributed by atoms with Gasteiger partial charge < -0.3 is 5.32 Å². The van der Waals surface area contributed by atoms with Crippen molar-refractivity contribution in [2.45, 2.75) is 13.3 Å². The number of rotatable bonds is 2. The summed E-state index contributed by atoms with van der Waals surface area (Å²) in [6.07, 6.45) is 5.76. The fourth-order valence-corrected chi connectivity index (χ4v) is 4.05. The van der Waals surface area contributed by atoms with Gasteiger partial charge in [0.15, 0.2) is 0 Å². The molecule has 4 rings (SSSR count). The van der Waals surface area contributed by atoms with Crippen molar-refractivity contribution < 1.29 is 0 Å². The Morgan fingerprint density at radius 2 is 1.90 bits per heavy atom. The zero-order valence-electron chi connectivity index (χ0n) is 12.0. The van der Waals surface area contributed by atoms with Crippen LogP contribution >= 0.6 is 11.3 Å². The molecule has 2 heteroatoms. The van der Waals surface area contributed by atoms with Crippen LogP contribution in [0.3, 0.4) is 0 Å². The van der Waals surface area contributed by atoms with E-state index in [-0.39, 0.29) is 0 Å². The number of allylic oxidation sites excluding steroid dienone is 1. The maximum atomic E-state index is 3.49. The predicted molar refractivity (Wildman–Crippen MR) is 93.5 cm³/mol. The van der Waals surface area contributed by atoms with Gasteiger partial charge in [0.25, 0.3) is 0 Å². The second-order valence-corrected chi connectivity index (χ2v) is 6.77.